The third kappa shape index (κ3) is 3.03. The number of anilines is 1. The summed E-state index contributed by atoms with van der Waals surface area (Å²) in [4.78, 5) is 14.2. The fraction of sp³-hybridized carbons (Fsp3) is 0.538. The fourth-order valence-corrected chi connectivity index (χ4v) is 2.63. The number of rotatable bonds is 4. The van der Waals surface area contributed by atoms with E-state index in [-0.39, 0.29) is 17.4 Å². The molecule has 7 heteroatoms. The maximum absolute atomic E-state index is 10.8. The van der Waals surface area contributed by atoms with Gasteiger partial charge >= 0.3 is 5.69 Å². The Morgan fingerprint density at radius 2 is 2.25 bits per heavy atom. The van der Waals surface area contributed by atoms with Gasteiger partial charge in [0.1, 0.15) is 11.9 Å². The Kier molecular flexibility index (Phi) is 4.48. The molecule has 0 saturated heterocycles. The summed E-state index contributed by atoms with van der Waals surface area (Å²) in [5.41, 5.74) is 5.33. The summed E-state index contributed by atoms with van der Waals surface area (Å²) in [7, 11) is 0. The van der Waals surface area contributed by atoms with Crippen LogP contribution in [0.15, 0.2) is 12.1 Å². The molecule has 3 N–H and O–H groups in total. The molecule has 20 heavy (non-hydrogen) atoms. The summed E-state index contributed by atoms with van der Waals surface area (Å²) in [6.07, 6.45) is 4.39. The number of nitrogens with one attached hydrogen (secondary N) is 1. The van der Waals surface area contributed by atoms with Gasteiger partial charge in [0.05, 0.1) is 4.92 Å². The molecule has 0 radical (unpaired) electrons. The normalized spacial score (nSPS) is 22.0. The molecule has 0 spiro atoms. The molecule has 106 valence electrons. The van der Waals surface area contributed by atoms with Crippen LogP contribution in [0.5, 0.6) is 0 Å². The summed E-state index contributed by atoms with van der Waals surface area (Å²) in [5.74, 6) is 0.878. The topological polar surface area (TPSA) is 118 Å². The number of nitro groups is 1. The summed E-state index contributed by atoms with van der Waals surface area (Å²) in [5, 5.41) is 22.9. The smallest absolute Gasteiger partial charge is 0.305 e. The number of aromatic nitrogens is 1. The lowest BCUT2D eigenvalue weighted by Gasteiger charge is -2.31. The first-order valence-electron chi connectivity index (χ1n) is 6.68. The molecule has 1 aromatic rings. The average molecular weight is 275 g/mol. The standard InChI is InChI=1S/C13H17N5O2/c14-7-9-3-1-2-4-10(9)16-13-6-5-12(18(19)20)11(8-15)17-13/h5-6,9-10H,1-4,7,14H2,(H,16,17). The van der Waals surface area contributed by atoms with Crippen LogP contribution in [0.25, 0.3) is 0 Å². The Hall–Kier alpha value is -2.20. The molecule has 2 unspecified atom stereocenters. The highest BCUT2D eigenvalue weighted by Crippen LogP contribution is 2.27. The first-order valence-corrected chi connectivity index (χ1v) is 6.68. The monoisotopic (exact) mass is 275 g/mol. The average Bonchev–Trinajstić information content (AvgIpc) is 2.47. The quantitative estimate of drug-likeness (QED) is 0.638. The van der Waals surface area contributed by atoms with Crippen LogP contribution in [-0.2, 0) is 0 Å². The van der Waals surface area contributed by atoms with Crippen molar-refractivity contribution in [2.75, 3.05) is 11.9 Å². The van der Waals surface area contributed by atoms with E-state index >= 15 is 0 Å². The molecular formula is C13H17N5O2. The number of hydrogen-bond donors (Lipinski definition) is 2. The number of pyridine rings is 1. The van der Waals surface area contributed by atoms with Crippen molar-refractivity contribution in [2.45, 2.75) is 31.7 Å². The molecule has 0 amide bonds. The number of hydrogen-bond acceptors (Lipinski definition) is 6. The SMILES string of the molecule is N#Cc1nc(NC2CCCCC2CN)ccc1[N+](=O)[O-]. The minimum Gasteiger partial charge on any atom is -0.367 e. The largest absolute Gasteiger partial charge is 0.367 e. The van der Waals surface area contributed by atoms with Crippen LogP contribution in [0.2, 0.25) is 0 Å². The molecular weight excluding hydrogens is 258 g/mol. The van der Waals surface area contributed by atoms with Crippen molar-refractivity contribution in [1.82, 2.24) is 4.98 Å². The van der Waals surface area contributed by atoms with Crippen LogP contribution < -0.4 is 11.1 Å². The molecule has 1 aromatic heterocycles. The number of nitrogens with two attached hydrogens (primary N) is 1. The van der Waals surface area contributed by atoms with Crippen LogP contribution in [0.1, 0.15) is 31.4 Å². The molecule has 2 atom stereocenters. The highest BCUT2D eigenvalue weighted by molar-refractivity contribution is 5.50. The van der Waals surface area contributed by atoms with Gasteiger partial charge in [-0.15, -0.1) is 0 Å². The third-order valence-electron chi connectivity index (χ3n) is 3.72. The lowest BCUT2D eigenvalue weighted by molar-refractivity contribution is -0.385. The van der Waals surface area contributed by atoms with E-state index < -0.39 is 4.92 Å². The Morgan fingerprint density at radius 3 is 2.90 bits per heavy atom. The lowest BCUT2D eigenvalue weighted by atomic mass is 9.84. The maximum atomic E-state index is 10.8. The van der Waals surface area contributed by atoms with Gasteiger partial charge in [-0.1, -0.05) is 12.8 Å². The number of nitriles is 1. The Morgan fingerprint density at radius 1 is 1.50 bits per heavy atom. The van der Waals surface area contributed by atoms with Gasteiger partial charge in [-0.25, -0.2) is 4.98 Å². The fourth-order valence-electron chi connectivity index (χ4n) is 2.63. The molecule has 1 saturated carbocycles. The van der Waals surface area contributed by atoms with Crippen LogP contribution >= 0.6 is 0 Å². The second-order valence-electron chi connectivity index (χ2n) is 4.96. The lowest BCUT2D eigenvalue weighted by Crippen LogP contribution is -2.37. The van der Waals surface area contributed by atoms with E-state index in [9.17, 15) is 10.1 Å². The van der Waals surface area contributed by atoms with Crippen LogP contribution in [0.4, 0.5) is 11.5 Å². The van der Waals surface area contributed by atoms with Gasteiger partial charge in [-0.05, 0) is 31.4 Å². The Bertz CT molecular complexity index is 540. The number of nitrogens with zero attached hydrogens (tertiary/aromatic N) is 3. The van der Waals surface area contributed by atoms with Crippen molar-refractivity contribution in [3.05, 3.63) is 27.9 Å². The predicted molar refractivity (Wildman–Crippen MR) is 74.0 cm³/mol. The predicted octanol–water partition coefficient (Wildman–Crippen LogP) is 1.79. The zero-order valence-electron chi connectivity index (χ0n) is 11.1. The summed E-state index contributed by atoms with van der Waals surface area (Å²) in [6, 6.07) is 4.84. The van der Waals surface area contributed by atoms with Crippen molar-refractivity contribution in [3.8, 4) is 6.07 Å². The Balaban J connectivity index is 2.17. The molecule has 0 aromatic carbocycles. The second kappa shape index (κ2) is 6.30. The van der Waals surface area contributed by atoms with Gasteiger partial charge in [0.2, 0.25) is 5.69 Å². The highest BCUT2D eigenvalue weighted by Gasteiger charge is 2.25. The van der Waals surface area contributed by atoms with Crippen LogP contribution in [0, 0.1) is 27.4 Å². The zero-order valence-corrected chi connectivity index (χ0v) is 11.1. The van der Waals surface area contributed by atoms with E-state index in [2.05, 4.69) is 10.3 Å². The summed E-state index contributed by atoms with van der Waals surface area (Å²) < 4.78 is 0. The van der Waals surface area contributed by atoms with E-state index in [1.165, 1.54) is 12.5 Å². The molecule has 1 aliphatic carbocycles. The van der Waals surface area contributed by atoms with E-state index in [1.807, 2.05) is 0 Å². The first-order chi connectivity index (χ1) is 9.65. The van der Waals surface area contributed by atoms with Gasteiger partial charge in [-0.2, -0.15) is 5.26 Å². The summed E-state index contributed by atoms with van der Waals surface area (Å²) in [6.45, 7) is 0.607. The van der Waals surface area contributed by atoms with E-state index in [0.29, 0.717) is 18.3 Å². The van der Waals surface area contributed by atoms with E-state index in [0.717, 1.165) is 19.3 Å². The van der Waals surface area contributed by atoms with Crippen molar-refractivity contribution in [2.24, 2.45) is 11.7 Å². The first kappa shape index (κ1) is 14.2. The minimum atomic E-state index is -0.599. The molecule has 0 aliphatic heterocycles. The van der Waals surface area contributed by atoms with Crippen molar-refractivity contribution >= 4 is 11.5 Å². The van der Waals surface area contributed by atoms with Gasteiger partial charge in [0.25, 0.3) is 0 Å². The van der Waals surface area contributed by atoms with Crippen molar-refractivity contribution < 1.29 is 4.92 Å². The van der Waals surface area contributed by atoms with E-state index in [1.54, 1.807) is 12.1 Å². The minimum absolute atomic E-state index is 0.167. The van der Waals surface area contributed by atoms with Gasteiger partial charge in [-0.3, -0.25) is 10.1 Å². The van der Waals surface area contributed by atoms with Crippen LogP contribution in [0.3, 0.4) is 0 Å². The van der Waals surface area contributed by atoms with Crippen LogP contribution in [-0.4, -0.2) is 22.5 Å². The highest BCUT2D eigenvalue weighted by atomic mass is 16.6. The molecule has 1 aliphatic rings. The Labute approximate surface area is 117 Å². The molecule has 0 bridgehead atoms. The van der Waals surface area contributed by atoms with Crippen molar-refractivity contribution in [1.29, 1.82) is 5.26 Å². The summed E-state index contributed by atoms with van der Waals surface area (Å²) >= 11 is 0. The zero-order chi connectivity index (χ0) is 14.5. The molecule has 2 rings (SSSR count). The molecule has 7 nitrogen and oxygen atoms in total. The third-order valence-corrected chi connectivity index (χ3v) is 3.72. The van der Waals surface area contributed by atoms with Gasteiger partial charge < -0.3 is 11.1 Å². The maximum Gasteiger partial charge on any atom is 0.305 e. The van der Waals surface area contributed by atoms with E-state index in [4.69, 9.17) is 11.0 Å². The van der Waals surface area contributed by atoms with Gasteiger partial charge in [0, 0.05) is 12.1 Å². The second-order valence-corrected chi connectivity index (χ2v) is 4.96. The van der Waals surface area contributed by atoms with Crippen molar-refractivity contribution in [3.63, 3.8) is 0 Å². The molecule has 1 heterocycles. The van der Waals surface area contributed by atoms with Gasteiger partial charge in [0.15, 0.2) is 0 Å². The molecule has 1 fully saturated rings.